The number of nitrogens with zero attached hydrogens (tertiary/aromatic N) is 2. The fraction of sp³-hybridized carbons (Fsp3) is 0.231. The Hall–Kier alpha value is -4.20. The number of carbonyl (C=O) groups excluding carboxylic acids is 4. The molecule has 1 aliphatic heterocycles. The first-order chi connectivity index (χ1) is 16.3. The van der Waals surface area contributed by atoms with Crippen molar-refractivity contribution in [2.24, 2.45) is 0 Å². The third-order valence-electron chi connectivity index (χ3n) is 5.16. The van der Waals surface area contributed by atoms with Crippen LogP contribution in [0.5, 0.6) is 0 Å². The number of nitrogens with one attached hydrogen (secondary N) is 2. The minimum Gasteiger partial charge on any atom is -0.334 e. The van der Waals surface area contributed by atoms with Gasteiger partial charge >= 0.3 is 0 Å². The van der Waals surface area contributed by atoms with Crippen LogP contribution >= 0.6 is 0 Å². The summed E-state index contributed by atoms with van der Waals surface area (Å²) in [6, 6.07) is 18.5. The number of carbonyl (C=O) groups is 4. The summed E-state index contributed by atoms with van der Waals surface area (Å²) < 4.78 is 0. The summed E-state index contributed by atoms with van der Waals surface area (Å²) in [6.45, 7) is 3.91. The van der Waals surface area contributed by atoms with Crippen LogP contribution in [0.15, 0.2) is 72.1 Å². The maximum absolute atomic E-state index is 13.1. The van der Waals surface area contributed by atoms with Crippen LogP contribution in [0.4, 0.5) is 0 Å². The van der Waals surface area contributed by atoms with Gasteiger partial charge in [-0.1, -0.05) is 60.7 Å². The molecular weight excluding hydrogens is 432 g/mol. The highest BCUT2D eigenvalue weighted by molar-refractivity contribution is 6.02. The highest BCUT2D eigenvalue weighted by Crippen LogP contribution is 2.13. The van der Waals surface area contributed by atoms with Gasteiger partial charge in [0, 0.05) is 40.0 Å². The minimum atomic E-state index is -0.338. The minimum absolute atomic E-state index is 0.182. The van der Waals surface area contributed by atoms with E-state index in [9.17, 15) is 19.2 Å². The second-order valence-electron chi connectivity index (χ2n) is 7.88. The van der Waals surface area contributed by atoms with Crippen molar-refractivity contribution in [1.82, 2.24) is 20.4 Å². The lowest BCUT2D eigenvalue weighted by atomic mass is 10.1. The summed E-state index contributed by atoms with van der Waals surface area (Å²) in [7, 11) is 0. The molecule has 0 radical (unpaired) electrons. The molecule has 1 aliphatic rings. The average Bonchev–Trinajstić information content (AvgIpc) is 2.83. The summed E-state index contributed by atoms with van der Waals surface area (Å²) in [5.74, 6) is -1.30. The average molecular weight is 461 g/mol. The van der Waals surface area contributed by atoms with E-state index in [1.165, 1.54) is 13.8 Å². The van der Waals surface area contributed by atoms with Crippen molar-refractivity contribution in [3.8, 4) is 0 Å². The van der Waals surface area contributed by atoms with Crippen LogP contribution in [0.1, 0.15) is 25.0 Å². The lowest BCUT2D eigenvalue weighted by Crippen LogP contribution is -2.53. The smallest absolute Gasteiger partial charge is 0.270 e. The molecular formula is C26H28N4O4. The van der Waals surface area contributed by atoms with Gasteiger partial charge in [-0.25, -0.2) is 0 Å². The van der Waals surface area contributed by atoms with Crippen LogP contribution in [0, 0.1) is 0 Å². The molecule has 2 aromatic carbocycles. The molecule has 0 atom stereocenters. The summed E-state index contributed by atoms with van der Waals surface area (Å²) in [4.78, 5) is 52.8. The SMILES string of the molecule is CC(=O)N/C(=C\c1ccccc1)C(=O)N1CCN(C(=O)/C(=C/c2ccccc2)NC(C)=O)CC1. The Balaban J connectivity index is 1.71. The van der Waals surface area contributed by atoms with E-state index in [0.29, 0.717) is 26.2 Å². The first kappa shape index (κ1) is 24.4. The van der Waals surface area contributed by atoms with Crippen molar-refractivity contribution in [1.29, 1.82) is 0 Å². The summed E-state index contributed by atoms with van der Waals surface area (Å²) >= 11 is 0. The number of rotatable bonds is 6. The fourth-order valence-electron chi connectivity index (χ4n) is 3.57. The highest BCUT2D eigenvalue weighted by atomic mass is 16.2. The van der Waals surface area contributed by atoms with Gasteiger partial charge < -0.3 is 20.4 Å². The summed E-state index contributed by atoms with van der Waals surface area (Å²) in [5.41, 5.74) is 1.95. The van der Waals surface area contributed by atoms with Gasteiger partial charge in [0.2, 0.25) is 11.8 Å². The molecule has 176 valence electrons. The van der Waals surface area contributed by atoms with E-state index < -0.39 is 0 Å². The van der Waals surface area contributed by atoms with Crippen molar-refractivity contribution in [2.75, 3.05) is 26.2 Å². The third kappa shape index (κ3) is 6.90. The number of amides is 4. The molecule has 0 aromatic heterocycles. The van der Waals surface area contributed by atoms with E-state index in [-0.39, 0.29) is 35.0 Å². The molecule has 34 heavy (non-hydrogen) atoms. The summed E-state index contributed by atoms with van der Waals surface area (Å²) in [5, 5.41) is 5.24. The molecule has 8 heteroatoms. The fourth-order valence-corrected chi connectivity index (χ4v) is 3.57. The molecule has 8 nitrogen and oxygen atoms in total. The lowest BCUT2D eigenvalue weighted by molar-refractivity contribution is -0.136. The maximum atomic E-state index is 13.1. The van der Waals surface area contributed by atoms with Gasteiger partial charge in [-0.2, -0.15) is 0 Å². The van der Waals surface area contributed by atoms with E-state index in [1.807, 2.05) is 60.7 Å². The Bertz CT molecular complexity index is 1010. The lowest BCUT2D eigenvalue weighted by Gasteiger charge is -2.35. The zero-order valence-electron chi connectivity index (χ0n) is 19.3. The Morgan fingerprint density at radius 2 is 0.941 bits per heavy atom. The molecule has 3 rings (SSSR count). The second kappa shape index (κ2) is 11.6. The maximum Gasteiger partial charge on any atom is 0.270 e. The predicted octanol–water partition coefficient (Wildman–Crippen LogP) is 2.01. The molecule has 2 N–H and O–H groups in total. The van der Waals surface area contributed by atoms with Gasteiger partial charge in [-0.3, -0.25) is 19.2 Å². The van der Waals surface area contributed by atoms with Gasteiger partial charge in [0.15, 0.2) is 0 Å². The highest BCUT2D eigenvalue weighted by Gasteiger charge is 2.28. The van der Waals surface area contributed by atoms with Crippen LogP contribution in [-0.4, -0.2) is 59.6 Å². The predicted molar refractivity (Wildman–Crippen MR) is 130 cm³/mol. The Kier molecular flexibility index (Phi) is 8.34. The molecule has 4 amide bonds. The van der Waals surface area contributed by atoms with Crippen LogP contribution in [0.3, 0.4) is 0 Å². The molecule has 0 aliphatic carbocycles. The van der Waals surface area contributed by atoms with Crippen molar-refractivity contribution >= 4 is 35.8 Å². The van der Waals surface area contributed by atoms with E-state index in [4.69, 9.17) is 0 Å². The third-order valence-corrected chi connectivity index (χ3v) is 5.16. The molecule has 0 unspecified atom stereocenters. The topological polar surface area (TPSA) is 98.8 Å². The van der Waals surface area contributed by atoms with Crippen LogP contribution in [0.2, 0.25) is 0 Å². The molecule has 1 saturated heterocycles. The van der Waals surface area contributed by atoms with Gasteiger partial charge in [-0.05, 0) is 23.3 Å². The molecule has 0 spiro atoms. The zero-order valence-corrected chi connectivity index (χ0v) is 19.3. The molecule has 2 aromatic rings. The molecule has 0 bridgehead atoms. The van der Waals surface area contributed by atoms with E-state index in [1.54, 1.807) is 22.0 Å². The zero-order chi connectivity index (χ0) is 24.5. The number of hydrogen-bond acceptors (Lipinski definition) is 4. The standard InChI is InChI=1S/C26H28N4O4/c1-19(31)27-23(17-21-9-5-3-6-10-21)25(33)29-13-15-30(16-14-29)26(34)24(28-20(2)32)18-22-11-7-4-8-12-22/h3-12,17-18H,13-16H2,1-2H3,(H,27,31)(H,28,32)/b23-17-,24-18-. The van der Waals surface area contributed by atoms with Crippen molar-refractivity contribution < 1.29 is 19.2 Å². The summed E-state index contributed by atoms with van der Waals surface area (Å²) in [6.07, 6.45) is 3.28. The van der Waals surface area contributed by atoms with Crippen LogP contribution in [0.25, 0.3) is 12.2 Å². The first-order valence-corrected chi connectivity index (χ1v) is 11.0. The van der Waals surface area contributed by atoms with Gasteiger partial charge in [-0.15, -0.1) is 0 Å². The van der Waals surface area contributed by atoms with Gasteiger partial charge in [0.1, 0.15) is 11.4 Å². The number of benzene rings is 2. The molecule has 1 heterocycles. The quantitative estimate of drug-likeness (QED) is 0.645. The molecule has 1 fully saturated rings. The van der Waals surface area contributed by atoms with E-state index in [2.05, 4.69) is 10.6 Å². The molecule has 0 saturated carbocycles. The van der Waals surface area contributed by atoms with Crippen LogP contribution in [-0.2, 0) is 19.2 Å². The van der Waals surface area contributed by atoms with Crippen molar-refractivity contribution in [3.63, 3.8) is 0 Å². The Labute approximate surface area is 198 Å². The second-order valence-corrected chi connectivity index (χ2v) is 7.88. The first-order valence-electron chi connectivity index (χ1n) is 11.0. The Morgan fingerprint density at radius 3 is 1.24 bits per heavy atom. The number of piperazine rings is 1. The largest absolute Gasteiger partial charge is 0.334 e. The number of hydrogen-bond donors (Lipinski definition) is 2. The van der Waals surface area contributed by atoms with E-state index >= 15 is 0 Å². The van der Waals surface area contributed by atoms with E-state index in [0.717, 1.165) is 11.1 Å². The Morgan fingerprint density at radius 1 is 0.618 bits per heavy atom. The van der Waals surface area contributed by atoms with Gasteiger partial charge in [0.25, 0.3) is 11.8 Å². The van der Waals surface area contributed by atoms with Crippen molar-refractivity contribution in [2.45, 2.75) is 13.8 Å². The monoisotopic (exact) mass is 460 g/mol. The van der Waals surface area contributed by atoms with Crippen molar-refractivity contribution in [3.05, 3.63) is 83.2 Å². The normalized spacial score (nSPS) is 14.4. The van der Waals surface area contributed by atoms with Gasteiger partial charge in [0.05, 0.1) is 0 Å². The van der Waals surface area contributed by atoms with Crippen LogP contribution < -0.4 is 10.6 Å².